The highest BCUT2D eigenvalue weighted by atomic mass is 16.6. The monoisotopic (exact) mass is 448 g/mol. The van der Waals surface area contributed by atoms with Crippen LogP contribution in [0.15, 0.2) is 25.3 Å². The Morgan fingerprint density at radius 2 is 2.00 bits per heavy atom. The lowest BCUT2D eigenvalue weighted by Gasteiger charge is -2.39. The van der Waals surface area contributed by atoms with Crippen LogP contribution < -0.4 is 0 Å². The summed E-state index contributed by atoms with van der Waals surface area (Å²) < 4.78 is 12.0. The minimum atomic E-state index is -1.13. The summed E-state index contributed by atoms with van der Waals surface area (Å²) in [5.74, 6) is -2.70. The fourth-order valence-corrected chi connectivity index (χ4v) is 5.94. The number of ether oxygens (including phenoxy) is 2. The second-order valence-electron chi connectivity index (χ2n) is 9.40. The van der Waals surface area contributed by atoms with E-state index in [2.05, 4.69) is 13.2 Å². The molecule has 2 bridgehead atoms. The van der Waals surface area contributed by atoms with Crippen LogP contribution in [0, 0.1) is 11.8 Å². The molecule has 8 heteroatoms. The molecule has 3 aliphatic heterocycles. The third-order valence-corrected chi connectivity index (χ3v) is 7.42. The van der Waals surface area contributed by atoms with Crippen LogP contribution in [0.1, 0.15) is 47.0 Å². The Hall–Kier alpha value is -2.19. The van der Waals surface area contributed by atoms with Gasteiger partial charge in [-0.25, -0.2) is 0 Å². The molecule has 178 valence electrons. The third-order valence-electron chi connectivity index (χ3n) is 7.42. The number of fused-ring (bicyclic) bond motifs is 1. The molecule has 2 amide bonds. The van der Waals surface area contributed by atoms with E-state index in [0.29, 0.717) is 25.8 Å². The minimum absolute atomic E-state index is 0.0443. The molecular weight excluding hydrogens is 412 g/mol. The lowest BCUT2D eigenvalue weighted by atomic mass is 9.65. The molecule has 3 aliphatic rings. The van der Waals surface area contributed by atoms with Crippen molar-refractivity contribution in [2.75, 3.05) is 19.8 Å². The molecule has 0 aromatic heterocycles. The summed E-state index contributed by atoms with van der Waals surface area (Å²) in [6.07, 6.45) is 4.73. The first-order valence-corrected chi connectivity index (χ1v) is 11.5. The zero-order valence-corrected chi connectivity index (χ0v) is 19.6. The Morgan fingerprint density at radius 3 is 2.53 bits per heavy atom. The molecule has 3 rings (SSSR count). The maximum Gasteiger partial charge on any atom is 0.313 e. The van der Waals surface area contributed by atoms with E-state index in [0.717, 1.165) is 0 Å². The quantitative estimate of drug-likeness (QED) is 0.403. The van der Waals surface area contributed by atoms with Gasteiger partial charge in [0.05, 0.1) is 24.2 Å². The van der Waals surface area contributed by atoms with Gasteiger partial charge in [0.25, 0.3) is 0 Å². The van der Waals surface area contributed by atoms with E-state index in [1.165, 1.54) is 11.0 Å². The molecule has 6 atom stereocenters. The van der Waals surface area contributed by atoms with Crippen molar-refractivity contribution >= 4 is 17.8 Å². The van der Waals surface area contributed by atoms with Crippen molar-refractivity contribution < 1.29 is 29.0 Å². The third kappa shape index (κ3) is 3.39. The molecule has 0 radical (unpaired) electrons. The molecule has 0 saturated carbocycles. The first kappa shape index (κ1) is 24.5. The fourth-order valence-electron chi connectivity index (χ4n) is 5.94. The zero-order valence-electron chi connectivity index (χ0n) is 19.6. The number of carbonyl (C=O) groups excluding carboxylic acids is 3. The predicted molar refractivity (Wildman–Crippen MR) is 118 cm³/mol. The summed E-state index contributed by atoms with van der Waals surface area (Å²) >= 11 is 0. The SMILES string of the molecule is C=CCOC(=O)[C@@H]1[C@H]2C(=O)N([C@H](C)CO)C(C(=O)N(CC=C)C(C)C)C23CC[C@@]1(CC)O3. The molecule has 1 spiro atoms. The van der Waals surface area contributed by atoms with Crippen LogP contribution in [0.5, 0.6) is 0 Å². The van der Waals surface area contributed by atoms with Gasteiger partial charge in [0, 0.05) is 12.6 Å². The van der Waals surface area contributed by atoms with E-state index in [-0.39, 0.29) is 31.1 Å². The van der Waals surface area contributed by atoms with Crippen LogP contribution in [0.4, 0.5) is 0 Å². The van der Waals surface area contributed by atoms with Gasteiger partial charge in [-0.2, -0.15) is 0 Å². The number of rotatable bonds is 10. The number of aliphatic hydroxyl groups excluding tert-OH is 1. The maximum absolute atomic E-state index is 13.9. The molecule has 3 heterocycles. The Balaban J connectivity index is 2.12. The molecule has 3 fully saturated rings. The van der Waals surface area contributed by atoms with Crippen molar-refractivity contribution in [3.63, 3.8) is 0 Å². The largest absolute Gasteiger partial charge is 0.461 e. The Morgan fingerprint density at radius 1 is 1.31 bits per heavy atom. The van der Waals surface area contributed by atoms with Crippen molar-refractivity contribution in [2.45, 2.75) is 76.3 Å². The summed E-state index contributed by atoms with van der Waals surface area (Å²) in [4.78, 5) is 44.0. The van der Waals surface area contributed by atoms with E-state index in [9.17, 15) is 19.5 Å². The lowest BCUT2D eigenvalue weighted by molar-refractivity contribution is -0.163. The summed E-state index contributed by atoms with van der Waals surface area (Å²) in [6.45, 7) is 14.9. The van der Waals surface area contributed by atoms with Gasteiger partial charge < -0.3 is 24.4 Å². The van der Waals surface area contributed by atoms with Gasteiger partial charge >= 0.3 is 5.97 Å². The summed E-state index contributed by atoms with van der Waals surface area (Å²) in [5.41, 5.74) is -1.97. The standard InChI is InChI=1S/C24H36N2O6/c1-7-12-25(15(4)5)21(29)19-24-11-10-23(9-3,32-24)18(22(30)31-13-8-2)17(24)20(28)26(19)16(6)14-27/h7-8,15-19,27H,1-2,9-14H2,3-6H3/t16-,17+,18+,19?,23-,24?/m1/s1. The van der Waals surface area contributed by atoms with E-state index < -0.39 is 41.1 Å². The van der Waals surface area contributed by atoms with Gasteiger partial charge in [-0.1, -0.05) is 25.7 Å². The summed E-state index contributed by atoms with van der Waals surface area (Å²) in [7, 11) is 0. The van der Waals surface area contributed by atoms with Crippen LogP contribution in [-0.4, -0.2) is 81.8 Å². The number of nitrogens with zero attached hydrogens (tertiary/aromatic N) is 2. The van der Waals surface area contributed by atoms with Crippen molar-refractivity contribution in [1.29, 1.82) is 0 Å². The maximum atomic E-state index is 13.9. The first-order valence-electron chi connectivity index (χ1n) is 11.5. The molecule has 0 aromatic rings. The molecule has 2 unspecified atom stereocenters. The van der Waals surface area contributed by atoms with Crippen molar-refractivity contribution in [1.82, 2.24) is 9.80 Å². The number of aliphatic hydroxyl groups is 1. The number of hydrogen-bond acceptors (Lipinski definition) is 6. The Bertz CT molecular complexity index is 797. The second-order valence-corrected chi connectivity index (χ2v) is 9.40. The molecular formula is C24H36N2O6. The van der Waals surface area contributed by atoms with Gasteiger partial charge in [-0.3, -0.25) is 14.4 Å². The molecule has 0 aromatic carbocycles. The number of amides is 2. The fraction of sp³-hybridized carbons (Fsp3) is 0.708. The molecule has 3 saturated heterocycles. The minimum Gasteiger partial charge on any atom is -0.461 e. The smallest absolute Gasteiger partial charge is 0.313 e. The predicted octanol–water partition coefficient (Wildman–Crippen LogP) is 1.67. The van der Waals surface area contributed by atoms with Crippen LogP contribution in [-0.2, 0) is 23.9 Å². The van der Waals surface area contributed by atoms with Crippen LogP contribution in [0.2, 0.25) is 0 Å². The number of esters is 1. The number of carbonyl (C=O) groups is 3. The molecule has 0 aliphatic carbocycles. The topological polar surface area (TPSA) is 96.4 Å². The molecule has 1 N–H and O–H groups in total. The van der Waals surface area contributed by atoms with E-state index in [1.807, 2.05) is 20.8 Å². The highest BCUT2D eigenvalue weighted by Crippen LogP contribution is 2.64. The summed E-state index contributed by atoms with van der Waals surface area (Å²) in [5, 5.41) is 9.90. The van der Waals surface area contributed by atoms with Crippen molar-refractivity contribution in [2.24, 2.45) is 11.8 Å². The van der Waals surface area contributed by atoms with Gasteiger partial charge in [0.1, 0.15) is 24.2 Å². The molecule has 32 heavy (non-hydrogen) atoms. The van der Waals surface area contributed by atoms with E-state index in [4.69, 9.17) is 9.47 Å². The zero-order chi connectivity index (χ0) is 23.8. The highest BCUT2D eigenvalue weighted by Gasteiger charge is 2.79. The van der Waals surface area contributed by atoms with E-state index >= 15 is 0 Å². The van der Waals surface area contributed by atoms with Gasteiger partial charge in [0.2, 0.25) is 11.8 Å². The first-order chi connectivity index (χ1) is 15.2. The lowest BCUT2D eigenvalue weighted by Crippen LogP contribution is -2.59. The average molecular weight is 449 g/mol. The van der Waals surface area contributed by atoms with Crippen LogP contribution in [0.25, 0.3) is 0 Å². The van der Waals surface area contributed by atoms with Crippen LogP contribution >= 0.6 is 0 Å². The van der Waals surface area contributed by atoms with Gasteiger partial charge in [-0.05, 0) is 40.0 Å². The van der Waals surface area contributed by atoms with E-state index in [1.54, 1.807) is 17.9 Å². The summed E-state index contributed by atoms with van der Waals surface area (Å²) in [6, 6.07) is -1.64. The Kier molecular flexibility index (Phi) is 6.86. The number of hydrogen-bond donors (Lipinski definition) is 1. The normalized spacial score (nSPS) is 33.9. The molecule has 8 nitrogen and oxygen atoms in total. The highest BCUT2D eigenvalue weighted by molar-refractivity contribution is 5.98. The Labute approximate surface area is 190 Å². The van der Waals surface area contributed by atoms with Crippen molar-refractivity contribution in [3.05, 3.63) is 25.3 Å². The van der Waals surface area contributed by atoms with Gasteiger partial charge in [-0.15, -0.1) is 6.58 Å². The van der Waals surface area contributed by atoms with Crippen molar-refractivity contribution in [3.8, 4) is 0 Å². The average Bonchev–Trinajstić information content (AvgIpc) is 3.38. The van der Waals surface area contributed by atoms with Crippen LogP contribution in [0.3, 0.4) is 0 Å². The second kappa shape index (κ2) is 8.98. The van der Waals surface area contributed by atoms with Gasteiger partial charge in [0.15, 0.2) is 0 Å². The number of likely N-dealkylation sites (tertiary alicyclic amines) is 1.